The topological polar surface area (TPSA) is 64.4 Å². The summed E-state index contributed by atoms with van der Waals surface area (Å²) < 4.78 is 10.9. The minimum absolute atomic E-state index is 0.0391. The molecule has 134 valence electrons. The highest BCUT2D eigenvalue weighted by Crippen LogP contribution is 2.32. The highest BCUT2D eigenvalue weighted by molar-refractivity contribution is 5.77. The van der Waals surface area contributed by atoms with Gasteiger partial charge in [0.25, 0.3) is 0 Å². The highest BCUT2D eigenvalue weighted by Gasteiger charge is 2.17. The summed E-state index contributed by atoms with van der Waals surface area (Å²) in [7, 11) is 1.61. The summed E-state index contributed by atoms with van der Waals surface area (Å²) in [5.41, 5.74) is 2.76. The lowest BCUT2D eigenvalue weighted by molar-refractivity contribution is -0.121. The molecule has 0 fully saturated rings. The number of amides is 1. The minimum atomic E-state index is -0.0391. The van der Waals surface area contributed by atoms with Gasteiger partial charge in [0.05, 0.1) is 6.61 Å². The lowest BCUT2D eigenvalue weighted by Gasteiger charge is -2.02. The molecule has 26 heavy (non-hydrogen) atoms. The maximum atomic E-state index is 11.9. The second-order valence-corrected chi connectivity index (χ2v) is 5.86. The van der Waals surface area contributed by atoms with Gasteiger partial charge in [-0.1, -0.05) is 60.7 Å². The maximum Gasteiger partial charge on any atom is 0.220 e. The Hall–Kier alpha value is -2.92. The van der Waals surface area contributed by atoms with Crippen LogP contribution in [-0.4, -0.2) is 31.2 Å². The number of carbonyl (C=O) groups excluding carboxylic acids is 1. The van der Waals surface area contributed by atoms with E-state index in [4.69, 9.17) is 9.15 Å². The number of nitrogens with one attached hydrogen (secondary N) is 1. The number of oxazole rings is 1. The maximum absolute atomic E-state index is 11.9. The second-order valence-electron chi connectivity index (χ2n) is 5.86. The third kappa shape index (κ3) is 4.58. The molecule has 1 heterocycles. The van der Waals surface area contributed by atoms with Gasteiger partial charge in [0, 0.05) is 37.6 Å². The van der Waals surface area contributed by atoms with Crippen LogP contribution in [0.5, 0.6) is 0 Å². The zero-order valence-electron chi connectivity index (χ0n) is 14.8. The fourth-order valence-corrected chi connectivity index (χ4v) is 2.65. The smallest absolute Gasteiger partial charge is 0.220 e. The quantitative estimate of drug-likeness (QED) is 0.629. The Morgan fingerprint density at radius 2 is 1.69 bits per heavy atom. The van der Waals surface area contributed by atoms with Gasteiger partial charge in [0.2, 0.25) is 5.91 Å². The molecule has 0 atom stereocenters. The Balaban J connectivity index is 1.80. The summed E-state index contributed by atoms with van der Waals surface area (Å²) in [4.78, 5) is 16.5. The van der Waals surface area contributed by atoms with Crippen LogP contribution < -0.4 is 5.32 Å². The average molecular weight is 350 g/mol. The average Bonchev–Trinajstić information content (AvgIpc) is 3.12. The second kappa shape index (κ2) is 8.97. The molecule has 0 saturated heterocycles. The molecule has 5 heteroatoms. The van der Waals surface area contributed by atoms with Crippen molar-refractivity contribution in [2.45, 2.75) is 12.8 Å². The van der Waals surface area contributed by atoms with Crippen LogP contribution >= 0.6 is 0 Å². The first-order valence-corrected chi connectivity index (χ1v) is 8.64. The molecule has 0 bridgehead atoms. The number of rotatable bonds is 8. The lowest BCUT2D eigenvalue weighted by atomic mass is 10.1. The van der Waals surface area contributed by atoms with E-state index in [9.17, 15) is 4.79 Å². The number of hydrogen-bond acceptors (Lipinski definition) is 4. The zero-order valence-corrected chi connectivity index (χ0v) is 14.8. The molecule has 0 unspecified atom stereocenters. The molecule has 2 aromatic carbocycles. The van der Waals surface area contributed by atoms with E-state index in [0.29, 0.717) is 31.9 Å². The van der Waals surface area contributed by atoms with Crippen molar-refractivity contribution in [3.05, 3.63) is 66.6 Å². The van der Waals surface area contributed by atoms with Crippen molar-refractivity contribution in [3.63, 3.8) is 0 Å². The number of methoxy groups -OCH3 is 1. The Bertz CT molecular complexity index is 772. The summed E-state index contributed by atoms with van der Waals surface area (Å²) in [5.74, 6) is 1.25. The molecule has 0 aliphatic heterocycles. The van der Waals surface area contributed by atoms with Crippen LogP contribution in [0.2, 0.25) is 0 Å². The molecular weight excluding hydrogens is 328 g/mol. The summed E-state index contributed by atoms with van der Waals surface area (Å²) >= 11 is 0. The molecule has 0 radical (unpaired) electrons. The molecule has 1 amide bonds. The molecular formula is C21H22N2O3. The van der Waals surface area contributed by atoms with Crippen LogP contribution in [0.1, 0.15) is 12.3 Å². The van der Waals surface area contributed by atoms with Gasteiger partial charge in [-0.05, 0) is 0 Å². The minimum Gasteiger partial charge on any atom is -0.440 e. The molecule has 5 nitrogen and oxygen atoms in total. The monoisotopic (exact) mass is 350 g/mol. The number of benzene rings is 2. The predicted molar refractivity (Wildman–Crippen MR) is 101 cm³/mol. The van der Waals surface area contributed by atoms with Gasteiger partial charge < -0.3 is 14.5 Å². The van der Waals surface area contributed by atoms with Crippen LogP contribution in [0.25, 0.3) is 22.6 Å². The molecule has 1 aromatic heterocycles. The molecule has 1 N–H and O–H groups in total. The summed E-state index contributed by atoms with van der Waals surface area (Å²) in [6.45, 7) is 1.01. The van der Waals surface area contributed by atoms with E-state index in [1.807, 2.05) is 60.7 Å². The molecule has 0 saturated carbocycles. The van der Waals surface area contributed by atoms with E-state index in [-0.39, 0.29) is 5.91 Å². The summed E-state index contributed by atoms with van der Waals surface area (Å²) in [6.07, 6.45) is 0.776. The van der Waals surface area contributed by atoms with Gasteiger partial charge in [-0.3, -0.25) is 4.79 Å². The fraction of sp³-hybridized carbons (Fsp3) is 0.238. The Kier molecular flexibility index (Phi) is 6.17. The van der Waals surface area contributed by atoms with E-state index in [1.165, 1.54) is 0 Å². The van der Waals surface area contributed by atoms with Gasteiger partial charge in [0.1, 0.15) is 5.69 Å². The largest absolute Gasteiger partial charge is 0.440 e. The number of carbonyl (C=O) groups is 1. The lowest BCUT2D eigenvalue weighted by Crippen LogP contribution is -2.27. The first-order valence-electron chi connectivity index (χ1n) is 8.64. The van der Waals surface area contributed by atoms with E-state index in [0.717, 1.165) is 22.6 Å². The Morgan fingerprint density at radius 3 is 2.35 bits per heavy atom. The van der Waals surface area contributed by atoms with Gasteiger partial charge in [-0.25, -0.2) is 4.98 Å². The number of nitrogens with zero attached hydrogens (tertiary/aromatic N) is 1. The van der Waals surface area contributed by atoms with Crippen molar-refractivity contribution in [1.29, 1.82) is 0 Å². The van der Waals surface area contributed by atoms with Crippen LogP contribution in [0.15, 0.2) is 65.1 Å². The van der Waals surface area contributed by atoms with Crippen LogP contribution in [-0.2, 0) is 16.0 Å². The molecule has 0 aliphatic carbocycles. The normalized spacial score (nSPS) is 10.7. The highest BCUT2D eigenvalue weighted by atomic mass is 16.5. The van der Waals surface area contributed by atoms with Crippen LogP contribution in [0.4, 0.5) is 0 Å². The first kappa shape index (κ1) is 17.9. The van der Waals surface area contributed by atoms with Gasteiger partial charge in [0.15, 0.2) is 11.7 Å². The third-order valence-electron chi connectivity index (χ3n) is 3.95. The van der Waals surface area contributed by atoms with Gasteiger partial charge in [-0.15, -0.1) is 0 Å². The first-order chi connectivity index (χ1) is 12.8. The number of aromatic nitrogens is 1. The number of aryl methyl sites for hydroxylation is 1. The standard InChI is InChI=1S/C21H22N2O3/c1-25-15-14-22-18(24)12-13-19-23-20(16-8-4-2-5-9-16)21(26-19)17-10-6-3-7-11-17/h2-11H,12-15H2,1H3,(H,22,24). The van der Waals surface area contributed by atoms with Crippen molar-refractivity contribution in [2.75, 3.05) is 20.3 Å². The summed E-state index contributed by atoms with van der Waals surface area (Å²) in [5, 5.41) is 2.81. The molecule has 0 spiro atoms. The SMILES string of the molecule is COCCNC(=O)CCc1nc(-c2ccccc2)c(-c2ccccc2)o1. The van der Waals surface area contributed by atoms with E-state index in [1.54, 1.807) is 7.11 Å². The van der Waals surface area contributed by atoms with Crippen molar-refractivity contribution in [2.24, 2.45) is 0 Å². The number of ether oxygens (including phenoxy) is 1. The van der Waals surface area contributed by atoms with Crippen LogP contribution in [0.3, 0.4) is 0 Å². The fourth-order valence-electron chi connectivity index (χ4n) is 2.65. The van der Waals surface area contributed by atoms with Crippen molar-refractivity contribution >= 4 is 5.91 Å². The van der Waals surface area contributed by atoms with Crippen molar-refractivity contribution < 1.29 is 13.9 Å². The zero-order chi connectivity index (χ0) is 18.2. The van der Waals surface area contributed by atoms with E-state index >= 15 is 0 Å². The van der Waals surface area contributed by atoms with Gasteiger partial charge in [-0.2, -0.15) is 0 Å². The third-order valence-corrected chi connectivity index (χ3v) is 3.95. The Labute approximate surface area is 153 Å². The van der Waals surface area contributed by atoms with Crippen LogP contribution in [0, 0.1) is 0 Å². The van der Waals surface area contributed by atoms with E-state index < -0.39 is 0 Å². The Morgan fingerprint density at radius 1 is 1.04 bits per heavy atom. The van der Waals surface area contributed by atoms with Crippen molar-refractivity contribution in [1.82, 2.24) is 10.3 Å². The van der Waals surface area contributed by atoms with E-state index in [2.05, 4.69) is 10.3 Å². The number of hydrogen-bond donors (Lipinski definition) is 1. The summed E-state index contributed by atoms with van der Waals surface area (Å²) in [6, 6.07) is 19.8. The van der Waals surface area contributed by atoms with Gasteiger partial charge >= 0.3 is 0 Å². The van der Waals surface area contributed by atoms with Crippen molar-refractivity contribution in [3.8, 4) is 22.6 Å². The molecule has 0 aliphatic rings. The molecule has 3 rings (SSSR count). The predicted octanol–water partition coefficient (Wildman–Crippen LogP) is 3.70. The molecule has 3 aromatic rings.